The molecule has 1 aromatic rings. The van der Waals surface area contributed by atoms with Crippen LogP contribution in [0.2, 0.25) is 0 Å². The van der Waals surface area contributed by atoms with Crippen LogP contribution < -0.4 is 9.47 Å². The summed E-state index contributed by atoms with van der Waals surface area (Å²) in [6, 6.07) is 5.25. The van der Waals surface area contributed by atoms with Gasteiger partial charge in [-0.2, -0.15) is 0 Å². The number of carboxylic acid groups (broad SMARTS) is 1. The number of hydrogen-bond acceptors (Lipinski definition) is 5. The fourth-order valence-corrected chi connectivity index (χ4v) is 4.34. The minimum atomic E-state index is -3.48. The molecule has 7 nitrogen and oxygen atoms in total. The highest BCUT2D eigenvalue weighted by molar-refractivity contribution is 7.89. The van der Waals surface area contributed by atoms with Crippen molar-refractivity contribution in [3.8, 4) is 11.5 Å². The zero-order valence-electron chi connectivity index (χ0n) is 12.9. The summed E-state index contributed by atoms with van der Waals surface area (Å²) in [6.07, 6.45) is 0. The van der Waals surface area contributed by atoms with E-state index in [9.17, 15) is 18.3 Å². The van der Waals surface area contributed by atoms with Crippen molar-refractivity contribution in [3.63, 3.8) is 0 Å². The van der Waals surface area contributed by atoms with E-state index < -0.39 is 33.1 Å². The van der Waals surface area contributed by atoms with Gasteiger partial charge in [0.2, 0.25) is 16.8 Å². The fraction of sp³-hybridized carbons (Fsp3) is 0.533. The van der Waals surface area contributed by atoms with Crippen LogP contribution in [0.3, 0.4) is 0 Å². The molecule has 0 unspecified atom stereocenters. The third-order valence-electron chi connectivity index (χ3n) is 4.38. The van der Waals surface area contributed by atoms with Crippen LogP contribution in [0, 0.1) is 5.92 Å². The number of fused-ring (bicyclic) bond motifs is 1. The van der Waals surface area contributed by atoms with Gasteiger partial charge in [0, 0.05) is 19.0 Å². The second kappa shape index (κ2) is 5.68. The second-order valence-corrected chi connectivity index (χ2v) is 8.56. The van der Waals surface area contributed by atoms with E-state index in [1.165, 1.54) is 4.31 Å². The van der Waals surface area contributed by atoms with E-state index >= 15 is 0 Å². The fourth-order valence-electron chi connectivity index (χ4n) is 3.01. The Morgan fingerprint density at radius 3 is 2.61 bits per heavy atom. The molecule has 23 heavy (non-hydrogen) atoms. The summed E-state index contributed by atoms with van der Waals surface area (Å²) >= 11 is 0. The number of benzene rings is 1. The number of rotatable bonds is 4. The Bertz CT molecular complexity index is 729. The first-order valence-electron chi connectivity index (χ1n) is 7.42. The second-order valence-electron chi connectivity index (χ2n) is 6.07. The Labute approximate surface area is 134 Å². The molecule has 0 aromatic heterocycles. The lowest BCUT2D eigenvalue weighted by Gasteiger charge is -2.19. The molecule has 2 heterocycles. The first-order valence-corrected chi connectivity index (χ1v) is 8.92. The first-order chi connectivity index (χ1) is 10.8. The van der Waals surface area contributed by atoms with Gasteiger partial charge in [-0.3, -0.25) is 4.79 Å². The summed E-state index contributed by atoms with van der Waals surface area (Å²) in [6.45, 7) is 3.49. The van der Waals surface area contributed by atoms with Gasteiger partial charge in [0.05, 0.1) is 11.2 Å². The number of nitrogens with zero attached hydrogens (tertiary/aromatic N) is 1. The first kappa shape index (κ1) is 16.1. The van der Waals surface area contributed by atoms with Gasteiger partial charge in [-0.05, 0) is 31.5 Å². The van der Waals surface area contributed by atoms with Crippen LogP contribution in [-0.2, 0) is 14.8 Å². The lowest BCUT2D eigenvalue weighted by Crippen LogP contribution is -2.35. The molecule has 0 spiro atoms. The van der Waals surface area contributed by atoms with Gasteiger partial charge in [-0.1, -0.05) is 6.07 Å². The minimum absolute atomic E-state index is 0.00500. The predicted molar refractivity (Wildman–Crippen MR) is 82.1 cm³/mol. The van der Waals surface area contributed by atoms with Crippen molar-refractivity contribution in [1.82, 2.24) is 4.31 Å². The topological polar surface area (TPSA) is 93.1 Å². The van der Waals surface area contributed by atoms with E-state index in [0.717, 1.165) is 5.56 Å². The molecule has 0 radical (unpaired) electrons. The van der Waals surface area contributed by atoms with E-state index in [1.54, 1.807) is 32.0 Å². The smallest absolute Gasteiger partial charge is 0.308 e. The van der Waals surface area contributed by atoms with Crippen molar-refractivity contribution >= 4 is 16.0 Å². The van der Waals surface area contributed by atoms with Crippen LogP contribution in [-0.4, -0.2) is 48.9 Å². The van der Waals surface area contributed by atoms with E-state index in [0.29, 0.717) is 11.5 Å². The average Bonchev–Trinajstić information content (AvgIpc) is 3.13. The van der Waals surface area contributed by atoms with Crippen LogP contribution in [0.15, 0.2) is 18.2 Å². The quantitative estimate of drug-likeness (QED) is 0.886. The lowest BCUT2D eigenvalue weighted by molar-refractivity contribution is -0.141. The maximum Gasteiger partial charge on any atom is 0.308 e. The van der Waals surface area contributed by atoms with Crippen LogP contribution >= 0.6 is 0 Å². The summed E-state index contributed by atoms with van der Waals surface area (Å²) in [5, 5.41) is 8.91. The zero-order chi connectivity index (χ0) is 16.8. The molecule has 0 saturated carbocycles. The van der Waals surface area contributed by atoms with Crippen molar-refractivity contribution in [3.05, 3.63) is 23.8 Å². The van der Waals surface area contributed by atoms with Crippen LogP contribution in [0.25, 0.3) is 0 Å². The summed E-state index contributed by atoms with van der Waals surface area (Å²) in [5.74, 6) is -0.990. The van der Waals surface area contributed by atoms with E-state index in [-0.39, 0.29) is 19.9 Å². The Morgan fingerprint density at radius 1 is 1.26 bits per heavy atom. The molecule has 0 aliphatic carbocycles. The van der Waals surface area contributed by atoms with Gasteiger partial charge in [-0.15, -0.1) is 0 Å². The maximum atomic E-state index is 12.4. The standard InChI is InChI=1S/C15H19NO6S/c1-9(2)23(19,20)16-6-11(12(7-16)15(17)18)10-3-4-13-14(5-10)22-8-21-13/h3-5,9,11-12H,6-8H2,1-2H3,(H,17,18)/t11-,12+/m0/s1. The summed E-state index contributed by atoms with van der Waals surface area (Å²) in [7, 11) is -3.48. The number of carboxylic acids is 1. The Kier molecular flexibility index (Phi) is 3.97. The maximum absolute atomic E-state index is 12.4. The highest BCUT2D eigenvalue weighted by atomic mass is 32.2. The molecular formula is C15H19NO6S. The van der Waals surface area contributed by atoms with E-state index in [2.05, 4.69) is 0 Å². The third kappa shape index (κ3) is 2.76. The summed E-state index contributed by atoms with van der Waals surface area (Å²) in [4.78, 5) is 11.6. The predicted octanol–water partition coefficient (Wildman–Crippen LogP) is 1.25. The van der Waals surface area contributed by atoms with Crippen LogP contribution in [0.1, 0.15) is 25.3 Å². The number of sulfonamides is 1. The third-order valence-corrected chi connectivity index (χ3v) is 6.59. The molecule has 3 rings (SSSR count). The Morgan fingerprint density at radius 2 is 1.96 bits per heavy atom. The molecule has 2 atom stereocenters. The van der Waals surface area contributed by atoms with Gasteiger partial charge in [-0.25, -0.2) is 12.7 Å². The van der Waals surface area contributed by atoms with Gasteiger partial charge < -0.3 is 14.6 Å². The van der Waals surface area contributed by atoms with Crippen molar-refractivity contribution in [2.75, 3.05) is 19.9 Å². The largest absolute Gasteiger partial charge is 0.481 e. The normalized spacial score (nSPS) is 24.3. The number of ether oxygens (including phenoxy) is 2. The van der Waals surface area contributed by atoms with Crippen LogP contribution in [0.4, 0.5) is 0 Å². The van der Waals surface area contributed by atoms with Gasteiger partial charge >= 0.3 is 5.97 Å². The Hall–Kier alpha value is -1.80. The molecular weight excluding hydrogens is 322 g/mol. The monoisotopic (exact) mass is 341 g/mol. The average molecular weight is 341 g/mol. The van der Waals surface area contributed by atoms with Crippen molar-refractivity contribution in [2.24, 2.45) is 5.92 Å². The zero-order valence-corrected chi connectivity index (χ0v) is 13.7. The highest BCUT2D eigenvalue weighted by Crippen LogP contribution is 2.40. The molecule has 1 fully saturated rings. The number of hydrogen-bond donors (Lipinski definition) is 1. The molecule has 126 valence electrons. The number of aliphatic carboxylic acids is 1. The molecule has 1 saturated heterocycles. The Balaban J connectivity index is 1.92. The SMILES string of the molecule is CC(C)S(=O)(=O)N1C[C@@H](C(=O)O)[C@H](c2ccc3c(c2)OCO3)C1. The van der Waals surface area contributed by atoms with E-state index in [4.69, 9.17) is 9.47 Å². The van der Waals surface area contributed by atoms with Gasteiger partial charge in [0.1, 0.15) is 0 Å². The molecule has 1 aromatic carbocycles. The lowest BCUT2D eigenvalue weighted by atomic mass is 9.89. The van der Waals surface area contributed by atoms with E-state index in [1.807, 2.05) is 0 Å². The van der Waals surface area contributed by atoms with Gasteiger partial charge in [0.15, 0.2) is 11.5 Å². The van der Waals surface area contributed by atoms with Crippen molar-refractivity contribution < 1.29 is 27.8 Å². The molecule has 2 aliphatic rings. The molecule has 0 bridgehead atoms. The van der Waals surface area contributed by atoms with Gasteiger partial charge in [0.25, 0.3) is 0 Å². The molecule has 2 aliphatic heterocycles. The minimum Gasteiger partial charge on any atom is -0.481 e. The van der Waals surface area contributed by atoms with Crippen molar-refractivity contribution in [2.45, 2.75) is 25.0 Å². The summed E-state index contributed by atoms with van der Waals surface area (Å²) < 4.78 is 36.6. The molecule has 1 N–H and O–H groups in total. The number of carbonyl (C=O) groups is 1. The highest BCUT2D eigenvalue weighted by Gasteiger charge is 2.44. The van der Waals surface area contributed by atoms with Crippen LogP contribution in [0.5, 0.6) is 11.5 Å². The van der Waals surface area contributed by atoms with Crippen molar-refractivity contribution in [1.29, 1.82) is 0 Å². The summed E-state index contributed by atoms with van der Waals surface area (Å²) in [5.41, 5.74) is 0.753. The molecule has 8 heteroatoms. The molecule has 0 amide bonds.